The lowest BCUT2D eigenvalue weighted by atomic mass is 10.5. The Morgan fingerprint density at radius 3 is 2.10 bits per heavy atom. The first-order valence-corrected chi connectivity index (χ1v) is 9.67. The first kappa shape index (κ1) is 18.0. The molecule has 0 aromatic rings. The molecule has 0 radical (unpaired) electrons. The van der Waals surface area contributed by atoms with E-state index in [-0.39, 0.29) is 0 Å². The SMILES string of the molecule is COCCO[Si](C)(CCCOCC1CO1)OCCOC. The van der Waals surface area contributed by atoms with Gasteiger partial charge in [-0.3, -0.25) is 0 Å². The maximum absolute atomic E-state index is 5.91. The van der Waals surface area contributed by atoms with Crippen LogP contribution in [-0.2, 0) is 27.8 Å². The Labute approximate surface area is 122 Å². The molecular formula is C13H28O6Si. The van der Waals surface area contributed by atoms with Crippen LogP contribution >= 0.6 is 0 Å². The summed E-state index contributed by atoms with van der Waals surface area (Å²) < 4.78 is 32.5. The van der Waals surface area contributed by atoms with E-state index in [1.807, 2.05) is 0 Å². The number of hydrogen-bond donors (Lipinski definition) is 0. The minimum Gasteiger partial charge on any atom is -0.392 e. The van der Waals surface area contributed by atoms with E-state index in [4.69, 9.17) is 27.8 Å². The molecule has 1 atom stereocenters. The van der Waals surface area contributed by atoms with Gasteiger partial charge >= 0.3 is 8.56 Å². The molecule has 0 bridgehead atoms. The van der Waals surface area contributed by atoms with Crippen LogP contribution in [0.4, 0.5) is 0 Å². The normalized spacial score (nSPS) is 18.4. The van der Waals surface area contributed by atoms with Crippen LogP contribution in [0.3, 0.4) is 0 Å². The smallest absolute Gasteiger partial charge is 0.335 e. The molecule has 1 fully saturated rings. The van der Waals surface area contributed by atoms with E-state index < -0.39 is 8.56 Å². The molecule has 6 nitrogen and oxygen atoms in total. The van der Waals surface area contributed by atoms with Gasteiger partial charge in [0.2, 0.25) is 0 Å². The standard InChI is InChI=1S/C13H28O6Si/c1-14-6-8-18-20(3,19-9-7-15-2)10-4-5-16-11-13-12-17-13/h13H,4-12H2,1-3H3. The third kappa shape index (κ3) is 9.01. The Kier molecular flexibility index (Phi) is 9.62. The van der Waals surface area contributed by atoms with Crippen LogP contribution in [0.2, 0.25) is 12.6 Å². The van der Waals surface area contributed by atoms with E-state index in [1.165, 1.54) is 0 Å². The van der Waals surface area contributed by atoms with E-state index >= 15 is 0 Å². The Balaban J connectivity index is 2.15. The summed E-state index contributed by atoms with van der Waals surface area (Å²) in [5.74, 6) is 0. The lowest BCUT2D eigenvalue weighted by Gasteiger charge is -2.27. The molecule has 0 amide bonds. The highest BCUT2D eigenvalue weighted by molar-refractivity contribution is 6.66. The second-order valence-electron chi connectivity index (χ2n) is 4.95. The lowest BCUT2D eigenvalue weighted by Crippen LogP contribution is -2.40. The van der Waals surface area contributed by atoms with Crippen molar-refractivity contribution < 1.29 is 27.8 Å². The van der Waals surface area contributed by atoms with Gasteiger partial charge in [0.15, 0.2) is 0 Å². The molecule has 120 valence electrons. The van der Waals surface area contributed by atoms with Crippen molar-refractivity contribution in [1.82, 2.24) is 0 Å². The molecule has 20 heavy (non-hydrogen) atoms. The van der Waals surface area contributed by atoms with Crippen LogP contribution in [0.15, 0.2) is 0 Å². The third-order valence-electron chi connectivity index (χ3n) is 3.02. The highest BCUT2D eigenvalue weighted by Gasteiger charge is 2.31. The maximum Gasteiger partial charge on any atom is 0.335 e. The zero-order valence-electron chi connectivity index (χ0n) is 12.9. The van der Waals surface area contributed by atoms with E-state index in [9.17, 15) is 0 Å². The Bertz CT molecular complexity index is 227. The second-order valence-corrected chi connectivity index (χ2v) is 8.30. The summed E-state index contributed by atoms with van der Waals surface area (Å²) in [5, 5.41) is 0. The zero-order chi connectivity index (χ0) is 14.7. The van der Waals surface area contributed by atoms with Crippen LogP contribution in [0.1, 0.15) is 6.42 Å². The van der Waals surface area contributed by atoms with Crippen molar-refractivity contribution >= 4 is 8.56 Å². The van der Waals surface area contributed by atoms with Crippen molar-refractivity contribution in [3.63, 3.8) is 0 Å². The van der Waals surface area contributed by atoms with Crippen molar-refractivity contribution in [2.75, 3.05) is 60.5 Å². The van der Waals surface area contributed by atoms with Gasteiger partial charge in [0, 0.05) is 20.8 Å². The summed E-state index contributed by atoms with van der Waals surface area (Å²) in [7, 11) is 1.18. The Hall–Kier alpha value is -0.0231. The van der Waals surface area contributed by atoms with Crippen LogP contribution in [-0.4, -0.2) is 75.1 Å². The number of hydrogen-bond acceptors (Lipinski definition) is 6. The Morgan fingerprint density at radius 2 is 1.60 bits per heavy atom. The number of epoxide rings is 1. The van der Waals surface area contributed by atoms with Gasteiger partial charge < -0.3 is 27.8 Å². The molecule has 1 aliphatic heterocycles. The fourth-order valence-corrected chi connectivity index (χ4v) is 3.93. The Morgan fingerprint density at radius 1 is 1.00 bits per heavy atom. The monoisotopic (exact) mass is 308 g/mol. The first-order chi connectivity index (χ1) is 9.70. The van der Waals surface area contributed by atoms with Gasteiger partial charge in [-0.05, 0) is 19.0 Å². The van der Waals surface area contributed by atoms with E-state index in [0.717, 1.165) is 25.7 Å². The second kappa shape index (κ2) is 10.7. The average Bonchev–Trinajstić information content (AvgIpc) is 3.23. The molecule has 1 heterocycles. The van der Waals surface area contributed by atoms with Crippen molar-refractivity contribution in [1.29, 1.82) is 0 Å². The average molecular weight is 308 g/mol. The predicted molar refractivity (Wildman–Crippen MR) is 77.3 cm³/mol. The minimum atomic E-state index is -2.16. The lowest BCUT2D eigenvalue weighted by molar-refractivity contribution is 0.0841. The van der Waals surface area contributed by atoms with Crippen LogP contribution in [0.5, 0.6) is 0 Å². The largest absolute Gasteiger partial charge is 0.392 e. The predicted octanol–water partition coefficient (Wildman–Crippen LogP) is 1.19. The summed E-state index contributed by atoms with van der Waals surface area (Å²) in [6, 6.07) is 0.909. The topological polar surface area (TPSA) is 58.7 Å². The van der Waals surface area contributed by atoms with Gasteiger partial charge in [0.1, 0.15) is 6.10 Å². The van der Waals surface area contributed by atoms with Gasteiger partial charge in [0.25, 0.3) is 0 Å². The highest BCUT2D eigenvalue weighted by Crippen LogP contribution is 2.16. The molecule has 0 aliphatic carbocycles. The molecule has 0 aromatic heterocycles. The van der Waals surface area contributed by atoms with E-state index in [1.54, 1.807) is 14.2 Å². The molecule has 0 aromatic carbocycles. The number of methoxy groups -OCH3 is 2. The van der Waals surface area contributed by atoms with Crippen molar-refractivity contribution in [2.45, 2.75) is 25.1 Å². The van der Waals surface area contributed by atoms with Crippen molar-refractivity contribution in [3.8, 4) is 0 Å². The summed E-state index contributed by atoms with van der Waals surface area (Å²) >= 11 is 0. The molecule has 1 rings (SSSR count). The first-order valence-electron chi connectivity index (χ1n) is 7.15. The number of rotatable bonds is 14. The maximum atomic E-state index is 5.91. The van der Waals surface area contributed by atoms with Gasteiger partial charge in [-0.15, -0.1) is 0 Å². The molecule has 1 saturated heterocycles. The number of ether oxygens (including phenoxy) is 4. The van der Waals surface area contributed by atoms with Gasteiger partial charge in [0.05, 0.1) is 39.6 Å². The van der Waals surface area contributed by atoms with Gasteiger partial charge in [-0.2, -0.15) is 0 Å². The molecule has 1 aliphatic rings. The summed E-state index contributed by atoms with van der Waals surface area (Å²) in [6.07, 6.45) is 1.27. The van der Waals surface area contributed by atoms with Crippen molar-refractivity contribution in [2.24, 2.45) is 0 Å². The zero-order valence-corrected chi connectivity index (χ0v) is 13.9. The van der Waals surface area contributed by atoms with Crippen LogP contribution in [0.25, 0.3) is 0 Å². The summed E-state index contributed by atoms with van der Waals surface area (Å²) in [6.45, 7) is 6.68. The molecule has 1 unspecified atom stereocenters. The van der Waals surface area contributed by atoms with Crippen molar-refractivity contribution in [3.05, 3.63) is 0 Å². The van der Waals surface area contributed by atoms with E-state index in [0.29, 0.717) is 39.1 Å². The molecule has 0 N–H and O–H groups in total. The third-order valence-corrected chi connectivity index (χ3v) is 5.91. The molecule has 0 saturated carbocycles. The van der Waals surface area contributed by atoms with Crippen LogP contribution < -0.4 is 0 Å². The quantitative estimate of drug-likeness (QED) is 0.273. The fourth-order valence-electron chi connectivity index (χ4n) is 1.74. The summed E-state index contributed by atoms with van der Waals surface area (Å²) in [4.78, 5) is 0. The fraction of sp³-hybridized carbons (Fsp3) is 1.00. The van der Waals surface area contributed by atoms with Crippen LogP contribution in [0, 0.1) is 0 Å². The highest BCUT2D eigenvalue weighted by atomic mass is 28.4. The molecule has 7 heteroatoms. The summed E-state index contributed by atoms with van der Waals surface area (Å²) in [5.41, 5.74) is 0. The van der Waals surface area contributed by atoms with Gasteiger partial charge in [-0.25, -0.2) is 0 Å². The molecule has 0 spiro atoms. The minimum absolute atomic E-state index is 0.328. The van der Waals surface area contributed by atoms with Gasteiger partial charge in [-0.1, -0.05) is 0 Å². The van der Waals surface area contributed by atoms with E-state index in [2.05, 4.69) is 6.55 Å². The molecular weight excluding hydrogens is 280 g/mol.